The smallest absolute Gasteiger partial charge is 0.200 e. The van der Waals surface area contributed by atoms with E-state index in [0.29, 0.717) is 12.0 Å². The minimum absolute atomic E-state index is 0.0820. The van der Waals surface area contributed by atoms with Crippen molar-refractivity contribution in [1.29, 1.82) is 0 Å². The lowest BCUT2D eigenvalue weighted by Crippen LogP contribution is -2.72. The van der Waals surface area contributed by atoms with E-state index in [1.165, 1.54) is 6.07 Å². The van der Waals surface area contributed by atoms with Gasteiger partial charge in [0.2, 0.25) is 0 Å². The fourth-order valence-corrected chi connectivity index (χ4v) is 5.85. The fraction of sp³-hybridized carbons (Fsp3) is 0.478. The Bertz CT molecular complexity index is 1020. The summed E-state index contributed by atoms with van der Waals surface area (Å²) in [6, 6.07) is 4.74. The van der Waals surface area contributed by atoms with E-state index >= 15 is 0 Å². The fourth-order valence-electron chi connectivity index (χ4n) is 5.85. The minimum atomic E-state index is -1.34. The second kappa shape index (κ2) is 5.58. The molecule has 5 aliphatic rings. The summed E-state index contributed by atoms with van der Waals surface area (Å²) in [5.74, 6) is -0.865. The maximum atomic E-state index is 13.6. The van der Waals surface area contributed by atoms with Crippen molar-refractivity contribution >= 4 is 11.6 Å². The molecule has 6 rings (SSSR count). The van der Waals surface area contributed by atoms with Crippen LogP contribution < -0.4 is 4.74 Å². The van der Waals surface area contributed by atoms with Crippen molar-refractivity contribution < 1.29 is 29.3 Å². The van der Waals surface area contributed by atoms with E-state index in [0.717, 1.165) is 5.57 Å². The van der Waals surface area contributed by atoms with Crippen LogP contribution in [0.2, 0.25) is 0 Å². The molecular weight excluding hydrogens is 372 g/mol. The summed E-state index contributed by atoms with van der Waals surface area (Å²) in [7, 11) is 0. The summed E-state index contributed by atoms with van der Waals surface area (Å²) in [6.07, 6.45) is 4.30. The van der Waals surface area contributed by atoms with Gasteiger partial charge in [-0.15, -0.1) is 0 Å². The van der Waals surface area contributed by atoms with Crippen LogP contribution in [0.15, 0.2) is 41.5 Å². The third kappa shape index (κ3) is 2.03. The van der Waals surface area contributed by atoms with Crippen LogP contribution in [-0.4, -0.2) is 45.2 Å². The van der Waals surface area contributed by atoms with Crippen LogP contribution in [-0.2, 0) is 9.53 Å². The molecule has 4 bridgehead atoms. The summed E-state index contributed by atoms with van der Waals surface area (Å²) >= 11 is 0. The number of carbonyl (C=O) groups is 2. The van der Waals surface area contributed by atoms with Gasteiger partial charge in [0.15, 0.2) is 22.8 Å². The predicted molar refractivity (Wildman–Crippen MR) is 104 cm³/mol. The van der Waals surface area contributed by atoms with Gasteiger partial charge in [-0.1, -0.05) is 23.8 Å². The van der Waals surface area contributed by atoms with Crippen LogP contribution >= 0.6 is 0 Å². The second-order valence-electron chi connectivity index (χ2n) is 9.10. The number of fused-ring (bicyclic) bond motifs is 1. The average molecular weight is 396 g/mol. The lowest BCUT2D eigenvalue weighted by Gasteiger charge is -2.56. The summed E-state index contributed by atoms with van der Waals surface area (Å²) in [5.41, 5.74) is -2.00. The first-order chi connectivity index (χ1) is 13.7. The van der Waals surface area contributed by atoms with Crippen LogP contribution in [0.1, 0.15) is 44.0 Å². The van der Waals surface area contributed by atoms with Gasteiger partial charge in [0, 0.05) is 23.8 Å². The summed E-state index contributed by atoms with van der Waals surface area (Å²) in [5, 5.41) is 19.7. The molecule has 2 N–H and O–H groups in total. The zero-order chi connectivity index (χ0) is 20.8. The zero-order valence-corrected chi connectivity index (χ0v) is 16.7. The number of phenolic OH excluding ortho intramolecular Hbond substituents is 1. The van der Waals surface area contributed by atoms with E-state index in [2.05, 4.69) is 0 Å². The van der Waals surface area contributed by atoms with Gasteiger partial charge in [0.25, 0.3) is 0 Å². The number of aliphatic hydroxyl groups excluding tert-OH is 1. The quantitative estimate of drug-likeness (QED) is 0.763. The van der Waals surface area contributed by atoms with Crippen molar-refractivity contribution in [2.75, 3.05) is 6.61 Å². The zero-order valence-electron chi connectivity index (χ0n) is 16.7. The summed E-state index contributed by atoms with van der Waals surface area (Å²) < 4.78 is 13.0. The molecular formula is C23H24O6. The van der Waals surface area contributed by atoms with E-state index in [-0.39, 0.29) is 47.6 Å². The van der Waals surface area contributed by atoms with Gasteiger partial charge in [-0.2, -0.15) is 0 Å². The number of aromatic hydroxyl groups is 1. The van der Waals surface area contributed by atoms with Crippen molar-refractivity contribution in [3.63, 3.8) is 0 Å². The highest BCUT2D eigenvalue weighted by atomic mass is 16.6. The SMILES string of the molecule is C/C(=C\CC12OC(C)(C)C3CC(C=C4C(=O)c5c(O)cccc5OC431)C2=O)CO. The van der Waals surface area contributed by atoms with E-state index in [4.69, 9.17) is 9.47 Å². The Balaban J connectivity index is 1.79. The Kier molecular flexibility index (Phi) is 3.58. The molecule has 4 unspecified atom stereocenters. The second-order valence-corrected chi connectivity index (χ2v) is 9.10. The molecule has 0 radical (unpaired) electrons. The molecule has 2 aliphatic heterocycles. The van der Waals surface area contributed by atoms with Crippen molar-refractivity contribution in [1.82, 2.24) is 0 Å². The first-order valence-electron chi connectivity index (χ1n) is 9.97. The van der Waals surface area contributed by atoms with Crippen LogP contribution in [0.4, 0.5) is 0 Å². The van der Waals surface area contributed by atoms with E-state index in [1.807, 2.05) is 13.8 Å². The molecule has 3 aliphatic carbocycles. The third-order valence-corrected chi connectivity index (χ3v) is 7.09. The number of ether oxygens (including phenoxy) is 2. The first-order valence-corrected chi connectivity index (χ1v) is 9.97. The molecule has 1 aromatic carbocycles. The molecule has 4 atom stereocenters. The van der Waals surface area contributed by atoms with Crippen LogP contribution in [0.5, 0.6) is 11.5 Å². The molecule has 152 valence electrons. The lowest BCUT2D eigenvalue weighted by molar-refractivity contribution is -0.171. The van der Waals surface area contributed by atoms with Crippen molar-refractivity contribution in [3.05, 3.63) is 47.1 Å². The Morgan fingerprint density at radius 2 is 2.07 bits per heavy atom. The number of phenols is 1. The average Bonchev–Trinajstić information content (AvgIpc) is 2.83. The number of hydrogen-bond acceptors (Lipinski definition) is 6. The lowest BCUT2D eigenvalue weighted by atomic mass is 9.51. The van der Waals surface area contributed by atoms with Crippen molar-refractivity contribution in [2.24, 2.45) is 11.8 Å². The number of benzene rings is 1. The molecule has 2 heterocycles. The van der Waals surface area contributed by atoms with Gasteiger partial charge in [-0.05, 0) is 39.3 Å². The van der Waals surface area contributed by atoms with E-state index in [1.54, 1.807) is 31.2 Å². The molecule has 1 aromatic rings. The standard InChI is InChI=1S/C23H24O6/c1-12(11-24)7-8-22-20(27)13-9-14-19(26)18-15(25)5-4-6-16(18)28-23(14,22)17(10-13)21(2,3)29-22/h4-7,9,13,17,24-25H,8,10-11H2,1-3H3/b12-7+. The van der Waals surface area contributed by atoms with Crippen molar-refractivity contribution in [2.45, 2.75) is 50.4 Å². The van der Waals surface area contributed by atoms with Gasteiger partial charge >= 0.3 is 0 Å². The number of Topliss-reactive ketones (excluding diaryl/α,β-unsaturated/α-hetero) is 2. The molecule has 0 amide bonds. The van der Waals surface area contributed by atoms with Gasteiger partial charge in [0.05, 0.1) is 12.2 Å². The van der Waals surface area contributed by atoms with Gasteiger partial charge in [-0.3, -0.25) is 9.59 Å². The molecule has 0 aromatic heterocycles. The molecule has 1 saturated carbocycles. The van der Waals surface area contributed by atoms with Crippen LogP contribution in [0, 0.1) is 11.8 Å². The summed E-state index contributed by atoms with van der Waals surface area (Å²) in [4.78, 5) is 27.1. The molecule has 6 heteroatoms. The predicted octanol–water partition coefficient (Wildman–Crippen LogP) is 2.73. The minimum Gasteiger partial charge on any atom is -0.507 e. The monoisotopic (exact) mass is 396 g/mol. The highest BCUT2D eigenvalue weighted by Crippen LogP contribution is 2.67. The number of allylic oxidation sites excluding steroid dienone is 1. The van der Waals surface area contributed by atoms with Crippen LogP contribution in [0.25, 0.3) is 0 Å². The number of rotatable bonds is 3. The number of ketones is 2. The topological polar surface area (TPSA) is 93.1 Å². The Hall–Kier alpha value is -2.44. The largest absolute Gasteiger partial charge is 0.507 e. The molecule has 29 heavy (non-hydrogen) atoms. The van der Waals surface area contributed by atoms with E-state index in [9.17, 15) is 19.8 Å². The Labute approximate surface area is 168 Å². The number of hydrogen-bond donors (Lipinski definition) is 2. The highest BCUT2D eigenvalue weighted by molar-refractivity contribution is 6.18. The molecule has 1 saturated heterocycles. The van der Waals surface area contributed by atoms with Gasteiger partial charge < -0.3 is 19.7 Å². The Morgan fingerprint density at radius 3 is 2.79 bits per heavy atom. The molecule has 1 spiro atoms. The van der Waals surface area contributed by atoms with Gasteiger partial charge in [-0.25, -0.2) is 0 Å². The van der Waals surface area contributed by atoms with Gasteiger partial charge in [0.1, 0.15) is 17.1 Å². The van der Waals surface area contributed by atoms with E-state index < -0.39 is 22.7 Å². The Morgan fingerprint density at radius 1 is 1.31 bits per heavy atom. The maximum absolute atomic E-state index is 13.6. The molecule has 2 fully saturated rings. The summed E-state index contributed by atoms with van der Waals surface area (Å²) in [6.45, 7) is 5.55. The highest BCUT2D eigenvalue weighted by Gasteiger charge is 2.81. The molecule has 6 nitrogen and oxygen atoms in total. The van der Waals surface area contributed by atoms with Crippen LogP contribution in [0.3, 0.4) is 0 Å². The third-order valence-electron chi connectivity index (χ3n) is 7.09. The van der Waals surface area contributed by atoms with Crippen molar-refractivity contribution in [3.8, 4) is 11.5 Å². The number of aliphatic hydroxyl groups is 1. The first kappa shape index (κ1) is 18.6. The maximum Gasteiger partial charge on any atom is 0.200 e. The normalized spacial score (nSPS) is 36.4. The number of carbonyl (C=O) groups excluding carboxylic acids is 2.